The minimum Gasteiger partial charge on any atom is -0.383 e. The van der Waals surface area contributed by atoms with E-state index >= 15 is 0 Å². The predicted octanol–water partition coefficient (Wildman–Crippen LogP) is 4.50. The quantitative estimate of drug-likeness (QED) is 0.755. The van der Waals surface area contributed by atoms with E-state index in [0.29, 0.717) is 27.7 Å². The van der Waals surface area contributed by atoms with Crippen molar-refractivity contribution in [3.05, 3.63) is 46.0 Å². The molecule has 0 amide bonds. The number of aromatic nitrogens is 2. The summed E-state index contributed by atoms with van der Waals surface area (Å²) in [7, 11) is 1.73. The van der Waals surface area contributed by atoms with Crippen LogP contribution in [-0.2, 0) is 7.05 Å². The van der Waals surface area contributed by atoms with Gasteiger partial charge in [0.15, 0.2) is 0 Å². The van der Waals surface area contributed by atoms with Crippen LogP contribution >= 0.6 is 22.9 Å². The van der Waals surface area contributed by atoms with Crippen molar-refractivity contribution in [2.45, 2.75) is 6.92 Å². The molecule has 21 heavy (non-hydrogen) atoms. The first kappa shape index (κ1) is 14.1. The third-order valence-electron chi connectivity index (χ3n) is 3.35. The first-order valence-electron chi connectivity index (χ1n) is 6.32. The van der Waals surface area contributed by atoms with Gasteiger partial charge in [0.05, 0.1) is 15.5 Å². The SMILES string of the molecule is Cc1csc(-c2nn(C)c(N)c2-c2ccccc2F)c1Cl. The molecule has 0 bridgehead atoms. The molecule has 0 fully saturated rings. The van der Waals surface area contributed by atoms with Crippen molar-refractivity contribution in [2.75, 3.05) is 5.73 Å². The van der Waals surface area contributed by atoms with Gasteiger partial charge >= 0.3 is 0 Å². The molecule has 0 aliphatic rings. The fraction of sp³-hybridized carbons (Fsp3) is 0.133. The van der Waals surface area contributed by atoms with Crippen molar-refractivity contribution in [2.24, 2.45) is 7.05 Å². The number of nitrogen functional groups attached to an aromatic ring is 1. The maximum atomic E-state index is 14.1. The summed E-state index contributed by atoms with van der Waals surface area (Å²) in [5.74, 6) is 0.0834. The lowest BCUT2D eigenvalue weighted by atomic mass is 10.0. The third kappa shape index (κ3) is 2.22. The van der Waals surface area contributed by atoms with E-state index in [1.54, 1.807) is 29.9 Å². The molecule has 2 heterocycles. The summed E-state index contributed by atoms with van der Waals surface area (Å²) in [5, 5.41) is 7.01. The van der Waals surface area contributed by atoms with E-state index in [1.807, 2.05) is 12.3 Å². The summed E-state index contributed by atoms with van der Waals surface area (Å²) in [4.78, 5) is 0.805. The minimum atomic E-state index is -0.331. The van der Waals surface area contributed by atoms with Gasteiger partial charge in [0, 0.05) is 12.6 Å². The molecular formula is C15H13ClFN3S. The lowest BCUT2D eigenvalue weighted by molar-refractivity contribution is 0.631. The molecule has 2 N–H and O–H groups in total. The van der Waals surface area contributed by atoms with Gasteiger partial charge in [-0.05, 0) is 23.9 Å². The van der Waals surface area contributed by atoms with E-state index < -0.39 is 0 Å². The van der Waals surface area contributed by atoms with Crippen LogP contribution < -0.4 is 5.73 Å². The van der Waals surface area contributed by atoms with Crippen LogP contribution in [0.2, 0.25) is 5.02 Å². The maximum Gasteiger partial charge on any atom is 0.131 e. The molecule has 108 valence electrons. The fourth-order valence-electron chi connectivity index (χ4n) is 2.22. The van der Waals surface area contributed by atoms with Crippen LogP contribution in [0.3, 0.4) is 0 Å². The molecule has 0 radical (unpaired) electrons. The van der Waals surface area contributed by atoms with Crippen molar-refractivity contribution in [3.8, 4) is 21.7 Å². The third-order valence-corrected chi connectivity index (χ3v) is 5.05. The first-order valence-corrected chi connectivity index (χ1v) is 7.57. The largest absolute Gasteiger partial charge is 0.383 e. The Kier molecular flexibility index (Phi) is 3.47. The molecule has 0 atom stereocenters. The van der Waals surface area contributed by atoms with E-state index in [1.165, 1.54) is 17.4 Å². The van der Waals surface area contributed by atoms with Crippen molar-refractivity contribution in [1.29, 1.82) is 0 Å². The van der Waals surface area contributed by atoms with E-state index in [0.717, 1.165) is 10.4 Å². The molecule has 0 saturated carbocycles. The minimum absolute atomic E-state index is 0.331. The molecule has 0 spiro atoms. The molecule has 0 unspecified atom stereocenters. The lowest BCUT2D eigenvalue weighted by Gasteiger charge is -2.05. The highest BCUT2D eigenvalue weighted by molar-refractivity contribution is 7.14. The molecule has 6 heteroatoms. The monoisotopic (exact) mass is 321 g/mol. The van der Waals surface area contributed by atoms with Gasteiger partial charge < -0.3 is 5.73 Å². The average Bonchev–Trinajstić information content (AvgIpc) is 2.93. The summed E-state index contributed by atoms with van der Waals surface area (Å²) in [6, 6.07) is 6.52. The smallest absolute Gasteiger partial charge is 0.131 e. The molecule has 3 rings (SSSR count). The van der Waals surface area contributed by atoms with Crippen molar-refractivity contribution < 1.29 is 4.39 Å². The number of anilines is 1. The van der Waals surface area contributed by atoms with Crippen LogP contribution in [0.4, 0.5) is 10.2 Å². The zero-order valence-electron chi connectivity index (χ0n) is 11.5. The summed E-state index contributed by atoms with van der Waals surface area (Å²) in [5.41, 5.74) is 8.69. The van der Waals surface area contributed by atoms with Crippen LogP contribution in [0.5, 0.6) is 0 Å². The summed E-state index contributed by atoms with van der Waals surface area (Å²) in [6.07, 6.45) is 0. The number of thiophene rings is 1. The fourth-order valence-corrected chi connectivity index (χ4v) is 3.49. The number of nitrogens with zero attached hydrogens (tertiary/aromatic N) is 2. The lowest BCUT2D eigenvalue weighted by Crippen LogP contribution is -1.98. The van der Waals surface area contributed by atoms with Gasteiger partial charge in [-0.25, -0.2) is 4.39 Å². The molecule has 3 nitrogen and oxygen atoms in total. The molecule has 0 aliphatic carbocycles. The van der Waals surface area contributed by atoms with Crippen molar-refractivity contribution >= 4 is 28.8 Å². The highest BCUT2D eigenvalue weighted by atomic mass is 35.5. The summed E-state index contributed by atoms with van der Waals surface area (Å²) < 4.78 is 15.7. The second-order valence-corrected chi connectivity index (χ2v) is 6.03. The van der Waals surface area contributed by atoms with Gasteiger partial charge in [0.25, 0.3) is 0 Å². The van der Waals surface area contributed by atoms with Crippen LogP contribution in [0.1, 0.15) is 5.56 Å². The predicted molar refractivity (Wildman–Crippen MR) is 86.1 cm³/mol. The second kappa shape index (κ2) is 5.16. The number of rotatable bonds is 2. The van der Waals surface area contributed by atoms with Crippen molar-refractivity contribution in [3.63, 3.8) is 0 Å². The number of aryl methyl sites for hydroxylation is 2. The van der Waals surface area contributed by atoms with Crippen molar-refractivity contribution in [1.82, 2.24) is 9.78 Å². The van der Waals surface area contributed by atoms with Gasteiger partial charge in [0.1, 0.15) is 17.3 Å². The molecule has 1 aromatic carbocycles. The van der Waals surface area contributed by atoms with E-state index in [-0.39, 0.29) is 5.82 Å². The number of halogens is 2. The zero-order valence-corrected chi connectivity index (χ0v) is 13.1. The Morgan fingerprint density at radius 3 is 2.67 bits per heavy atom. The summed E-state index contributed by atoms with van der Waals surface area (Å²) >= 11 is 7.81. The molecule has 2 aromatic heterocycles. The Balaban J connectivity index is 2.31. The molecule has 3 aromatic rings. The van der Waals surface area contributed by atoms with Crippen LogP contribution in [-0.4, -0.2) is 9.78 Å². The summed E-state index contributed by atoms with van der Waals surface area (Å²) in [6.45, 7) is 1.93. The van der Waals surface area contributed by atoms with Crippen LogP contribution in [0.25, 0.3) is 21.7 Å². The number of hydrogen-bond donors (Lipinski definition) is 1. The number of nitrogens with two attached hydrogens (primary N) is 1. The Labute approximate surface area is 130 Å². The van der Waals surface area contributed by atoms with Gasteiger partial charge in [-0.2, -0.15) is 5.10 Å². The first-order chi connectivity index (χ1) is 10.0. The van der Waals surface area contributed by atoms with Gasteiger partial charge in [0.2, 0.25) is 0 Å². The highest BCUT2D eigenvalue weighted by Gasteiger charge is 2.23. The van der Waals surface area contributed by atoms with E-state index in [2.05, 4.69) is 5.10 Å². The average molecular weight is 322 g/mol. The van der Waals surface area contributed by atoms with Gasteiger partial charge in [-0.3, -0.25) is 4.68 Å². The Hall–Kier alpha value is -1.85. The topological polar surface area (TPSA) is 43.8 Å². The maximum absolute atomic E-state index is 14.1. The normalized spacial score (nSPS) is 11.0. The van der Waals surface area contributed by atoms with E-state index in [9.17, 15) is 4.39 Å². The number of hydrogen-bond acceptors (Lipinski definition) is 3. The van der Waals surface area contributed by atoms with Gasteiger partial charge in [-0.1, -0.05) is 29.8 Å². The van der Waals surface area contributed by atoms with Crippen LogP contribution in [0, 0.1) is 12.7 Å². The Morgan fingerprint density at radius 1 is 1.33 bits per heavy atom. The molecule has 0 saturated heterocycles. The van der Waals surface area contributed by atoms with Crippen LogP contribution in [0.15, 0.2) is 29.6 Å². The molecular weight excluding hydrogens is 309 g/mol. The molecule has 0 aliphatic heterocycles. The Bertz CT molecular complexity index is 822. The number of benzene rings is 1. The van der Waals surface area contributed by atoms with E-state index in [4.69, 9.17) is 17.3 Å². The Morgan fingerprint density at radius 2 is 2.05 bits per heavy atom. The standard InChI is InChI=1S/C15H13ClFN3S/c1-8-7-21-14(12(8)16)13-11(15(18)20(2)19-13)9-5-3-4-6-10(9)17/h3-7H,18H2,1-2H3. The zero-order chi connectivity index (χ0) is 15.1. The van der Waals surface area contributed by atoms with Gasteiger partial charge in [-0.15, -0.1) is 11.3 Å². The highest BCUT2D eigenvalue weighted by Crippen LogP contribution is 2.43. The second-order valence-electron chi connectivity index (χ2n) is 4.77.